The summed E-state index contributed by atoms with van der Waals surface area (Å²) < 4.78 is 34.3. The van der Waals surface area contributed by atoms with Crippen LogP contribution < -0.4 is 0 Å². The average molecular weight is 614 g/mol. The molecule has 8 heteroatoms. The van der Waals surface area contributed by atoms with Crippen molar-refractivity contribution in [2.75, 3.05) is 13.7 Å². The van der Waals surface area contributed by atoms with E-state index in [0.717, 1.165) is 39.1 Å². The van der Waals surface area contributed by atoms with Crippen molar-refractivity contribution in [2.24, 2.45) is 5.92 Å². The first kappa shape index (κ1) is 29.0. The lowest BCUT2D eigenvalue weighted by Crippen LogP contribution is -2.60. The lowest BCUT2D eigenvalue weighted by atomic mass is 9.86. The Morgan fingerprint density at radius 3 is 2.30 bits per heavy atom. The average Bonchev–Trinajstić information content (AvgIpc) is 3.50. The van der Waals surface area contributed by atoms with E-state index < -0.39 is 12.6 Å². The Kier molecular flexibility index (Phi) is 8.04. The van der Waals surface area contributed by atoms with Crippen molar-refractivity contribution in [3.05, 3.63) is 138 Å². The van der Waals surface area contributed by atoms with Crippen molar-refractivity contribution in [1.82, 2.24) is 14.4 Å². The highest BCUT2D eigenvalue weighted by Gasteiger charge is 2.51. The molecule has 1 unspecified atom stereocenters. The molecule has 0 saturated carbocycles. The molecule has 0 amide bonds. The summed E-state index contributed by atoms with van der Waals surface area (Å²) in [6.07, 6.45) is -1.65. The quantitative estimate of drug-likeness (QED) is 0.187. The minimum atomic E-state index is -0.556. The number of benzene rings is 4. The van der Waals surface area contributed by atoms with Crippen molar-refractivity contribution < 1.29 is 23.7 Å². The van der Waals surface area contributed by atoms with Crippen LogP contribution in [0.4, 0.5) is 0 Å². The molecule has 2 aliphatic heterocycles. The molecule has 0 bridgehead atoms. The molecule has 46 heavy (non-hydrogen) atoms. The summed E-state index contributed by atoms with van der Waals surface area (Å²) in [6, 6.07) is 40.8. The van der Waals surface area contributed by atoms with Gasteiger partial charge in [-0.3, -0.25) is 4.40 Å². The van der Waals surface area contributed by atoms with E-state index in [4.69, 9.17) is 33.7 Å². The molecule has 2 fully saturated rings. The first-order valence-corrected chi connectivity index (χ1v) is 15.7. The summed E-state index contributed by atoms with van der Waals surface area (Å²) in [6.45, 7) is 0.792. The van der Waals surface area contributed by atoms with Crippen LogP contribution in [0.1, 0.15) is 23.1 Å². The molecule has 4 heterocycles. The van der Waals surface area contributed by atoms with Gasteiger partial charge in [0.2, 0.25) is 5.78 Å². The Bertz CT molecular complexity index is 1920. The number of hydrogen-bond donors (Lipinski definition) is 0. The Hall–Kier alpha value is -4.44. The lowest BCUT2D eigenvalue weighted by Gasteiger charge is -2.49. The third-order valence-electron chi connectivity index (χ3n) is 8.90. The molecule has 8 nitrogen and oxygen atoms in total. The second-order valence-electron chi connectivity index (χ2n) is 11.8. The summed E-state index contributed by atoms with van der Waals surface area (Å²) in [7, 11) is 1.68. The zero-order valence-corrected chi connectivity index (χ0v) is 25.5. The Morgan fingerprint density at radius 2 is 1.52 bits per heavy atom. The summed E-state index contributed by atoms with van der Waals surface area (Å²) in [5.74, 6) is 0.418. The van der Waals surface area contributed by atoms with Crippen molar-refractivity contribution in [3.63, 3.8) is 0 Å². The van der Waals surface area contributed by atoms with Gasteiger partial charge < -0.3 is 23.7 Å². The van der Waals surface area contributed by atoms with Crippen LogP contribution in [0, 0.1) is 5.92 Å². The van der Waals surface area contributed by atoms with E-state index in [1.54, 1.807) is 7.11 Å². The zero-order chi connectivity index (χ0) is 30.9. The molecule has 6 atom stereocenters. The van der Waals surface area contributed by atoms with E-state index in [2.05, 4.69) is 52.9 Å². The van der Waals surface area contributed by atoms with Crippen LogP contribution in [0.5, 0.6) is 0 Å². The fraction of sp³-hybridized carbons (Fsp3) is 0.263. The molecule has 232 valence electrons. The molecule has 8 rings (SSSR count). The molecule has 0 radical (unpaired) electrons. The standard InChI is InChI=1S/C38H35N3O5/c1-42-37-29(21-28-22-32(26-15-7-3-8-16-26)41-31-20-12-11-19-30(31)40-38(41)39-28)34(43-23-25-13-5-2-6-14-25)35-33(45-37)24-44-36(46-35)27-17-9-4-10-18-27/h2-20,22,29,33-37H,21,23-24H2,1H3/t29-,33+,34-,35+,36?,37-/m0/s1. The number of hydrogen-bond acceptors (Lipinski definition) is 7. The van der Waals surface area contributed by atoms with Gasteiger partial charge in [-0.25, -0.2) is 9.97 Å². The number of rotatable bonds is 8. The molecule has 0 aliphatic carbocycles. The number of ether oxygens (including phenoxy) is 5. The predicted octanol–water partition coefficient (Wildman–Crippen LogP) is 6.78. The highest BCUT2D eigenvalue weighted by molar-refractivity contribution is 5.82. The van der Waals surface area contributed by atoms with Gasteiger partial charge in [0.15, 0.2) is 12.6 Å². The number of aromatic nitrogens is 3. The van der Waals surface area contributed by atoms with Crippen LogP contribution in [0.2, 0.25) is 0 Å². The van der Waals surface area contributed by atoms with E-state index in [1.807, 2.05) is 72.8 Å². The molecule has 2 saturated heterocycles. The summed E-state index contributed by atoms with van der Waals surface area (Å²) in [5.41, 5.74) is 6.93. The van der Waals surface area contributed by atoms with Crippen LogP contribution in [-0.2, 0) is 36.7 Å². The van der Waals surface area contributed by atoms with E-state index >= 15 is 0 Å². The second kappa shape index (κ2) is 12.7. The predicted molar refractivity (Wildman–Crippen MR) is 174 cm³/mol. The van der Waals surface area contributed by atoms with Gasteiger partial charge in [0, 0.05) is 30.7 Å². The van der Waals surface area contributed by atoms with Crippen LogP contribution in [0.25, 0.3) is 28.1 Å². The van der Waals surface area contributed by atoms with Crippen LogP contribution >= 0.6 is 0 Å². The molecule has 0 spiro atoms. The highest BCUT2D eigenvalue weighted by Crippen LogP contribution is 2.40. The van der Waals surface area contributed by atoms with Crippen molar-refractivity contribution in [2.45, 2.75) is 43.9 Å². The highest BCUT2D eigenvalue weighted by atomic mass is 16.7. The Labute approximate surface area is 267 Å². The molecule has 4 aromatic carbocycles. The Morgan fingerprint density at radius 1 is 0.804 bits per heavy atom. The largest absolute Gasteiger partial charge is 0.370 e. The van der Waals surface area contributed by atoms with Crippen molar-refractivity contribution in [3.8, 4) is 11.3 Å². The maximum Gasteiger partial charge on any atom is 0.235 e. The van der Waals surface area contributed by atoms with Crippen molar-refractivity contribution >= 4 is 16.8 Å². The summed E-state index contributed by atoms with van der Waals surface area (Å²) in [5, 5.41) is 0. The van der Waals surface area contributed by atoms with Gasteiger partial charge in [0.1, 0.15) is 12.2 Å². The lowest BCUT2D eigenvalue weighted by molar-refractivity contribution is -0.356. The van der Waals surface area contributed by atoms with Gasteiger partial charge in [-0.2, -0.15) is 0 Å². The number of fused-ring (bicyclic) bond motifs is 4. The van der Waals surface area contributed by atoms with Gasteiger partial charge >= 0.3 is 0 Å². The van der Waals surface area contributed by atoms with Crippen molar-refractivity contribution in [1.29, 1.82) is 0 Å². The van der Waals surface area contributed by atoms with Gasteiger partial charge in [-0.15, -0.1) is 0 Å². The minimum absolute atomic E-state index is 0.229. The van der Waals surface area contributed by atoms with E-state index in [1.165, 1.54) is 0 Å². The molecular weight excluding hydrogens is 578 g/mol. The van der Waals surface area contributed by atoms with Gasteiger partial charge in [0.05, 0.1) is 36.0 Å². The van der Waals surface area contributed by atoms with Crippen LogP contribution in [-0.4, -0.2) is 52.7 Å². The third kappa shape index (κ3) is 5.59. The number of para-hydroxylation sites is 2. The monoisotopic (exact) mass is 613 g/mol. The molecule has 2 aromatic heterocycles. The number of methoxy groups -OCH3 is 1. The van der Waals surface area contributed by atoms with Gasteiger partial charge in [-0.1, -0.05) is 103 Å². The maximum atomic E-state index is 6.80. The van der Waals surface area contributed by atoms with Crippen LogP contribution in [0.15, 0.2) is 121 Å². The minimum Gasteiger partial charge on any atom is -0.370 e. The fourth-order valence-corrected chi connectivity index (χ4v) is 6.71. The zero-order valence-electron chi connectivity index (χ0n) is 25.5. The Balaban J connectivity index is 1.19. The second-order valence-corrected chi connectivity index (χ2v) is 11.8. The maximum absolute atomic E-state index is 6.80. The number of nitrogens with zero attached hydrogens (tertiary/aromatic N) is 3. The van der Waals surface area contributed by atoms with E-state index in [-0.39, 0.29) is 24.2 Å². The third-order valence-corrected chi connectivity index (χ3v) is 8.90. The number of imidazole rings is 1. The topological polar surface area (TPSA) is 76.3 Å². The smallest absolute Gasteiger partial charge is 0.235 e. The first-order chi connectivity index (χ1) is 22.7. The molecule has 6 aromatic rings. The SMILES string of the molecule is CO[C@H]1O[C@@H]2COC(c3ccccc3)O[C@H]2[C@@H](OCc2ccccc2)[C@@H]1Cc1cc(-c2ccccc2)n2c(n1)nc1ccccc12. The summed E-state index contributed by atoms with van der Waals surface area (Å²) >= 11 is 0. The molecular formula is C38H35N3O5. The van der Waals surface area contributed by atoms with Gasteiger partial charge in [0.25, 0.3) is 0 Å². The van der Waals surface area contributed by atoms with Gasteiger partial charge in [-0.05, 0) is 29.3 Å². The summed E-state index contributed by atoms with van der Waals surface area (Å²) in [4.78, 5) is 10.0. The normalized spacial score (nSPS) is 24.6. The molecule has 0 N–H and O–H groups in total. The fourth-order valence-electron chi connectivity index (χ4n) is 6.71. The first-order valence-electron chi connectivity index (χ1n) is 15.7. The molecule has 2 aliphatic rings. The van der Waals surface area contributed by atoms with E-state index in [9.17, 15) is 0 Å². The van der Waals surface area contributed by atoms with E-state index in [0.29, 0.717) is 25.4 Å². The van der Waals surface area contributed by atoms with Crippen LogP contribution in [0.3, 0.4) is 0 Å².